The lowest BCUT2D eigenvalue weighted by molar-refractivity contribution is -0.146. The monoisotopic (exact) mass is 301 g/mol. The van der Waals surface area contributed by atoms with Gasteiger partial charge in [-0.05, 0) is 32.4 Å². The van der Waals surface area contributed by atoms with Crippen molar-refractivity contribution in [3.8, 4) is 0 Å². The van der Waals surface area contributed by atoms with Gasteiger partial charge in [-0.2, -0.15) is 0 Å². The minimum Gasteiger partial charge on any atom is -0.459 e. The van der Waals surface area contributed by atoms with Gasteiger partial charge in [-0.1, -0.05) is 30.3 Å². The molecule has 0 bridgehead atoms. The molecule has 1 amide bonds. The number of ether oxygens (including phenoxy) is 2. The van der Waals surface area contributed by atoms with Crippen LogP contribution >= 0.6 is 0 Å². The van der Waals surface area contributed by atoms with E-state index >= 15 is 0 Å². The topological polar surface area (TPSA) is 55.8 Å². The molecule has 5 nitrogen and oxygen atoms in total. The first-order chi connectivity index (χ1) is 10.4. The molecule has 0 radical (unpaired) electrons. The van der Waals surface area contributed by atoms with Crippen molar-refractivity contribution in [3.05, 3.63) is 47.5 Å². The molecule has 0 saturated carbocycles. The highest BCUT2D eigenvalue weighted by atomic mass is 16.5. The van der Waals surface area contributed by atoms with Crippen LogP contribution in [0.4, 0.5) is 0 Å². The normalized spacial score (nSPS) is 27.1. The number of carbonyl (C=O) groups is 2. The maximum absolute atomic E-state index is 12.7. The van der Waals surface area contributed by atoms with Crippen LogP contribution in [-0.4, -0.2) is 35.2 Å². The zero-order chi connectivity index (χ0) is 15.9. The Kier molecular flexibility index (Phi) is 3.53. The number of fused-ring (bicyclic) bond motifs is 1. The molecule has 2 aliphatic rings. The van der Waals surface area contributed by atoms with Crippen LogP contribution in [0.25, 0.3) is 0 Å². The van der Waals surface area contributed by atoms with E-state index in [0.717, 1.165) is 5.56 Å². The first kappa shape index (κ1) is 14.8. The molecule has 0 aromatic heterocycles. The van der Waals surface area contributed by atoms with Crippen LogP contribution in [0, 0.1) is 0 Å². The maximum atomic E-state index is 12.7. The zero-order valence-corrected chi connectivity index (χ0v) is 12.9. The highest BCUT2D eigenvalue weighted by molar-refractivity contribution is 6.18. The lowest BCUT2D eigenvalue weighted by Gasteiger charge is -2.29. The maximum Gasteiger partial charge on any atom is 0.343 e. The van der Waals surface area contributed by atoms with Crippen LogP contribution in [0.5, 0.6) is 0 Å². The van der Waals surface area contributed by atoms with Crippen molar-refractivity contribution in [1.82, 2.24) is 4.90 Å². The molecule has 116 valence electrons. The van der Waals surface area contributed by atoms with Crippen LogP contribution in [0.1, 0.15) is 32.4 Å². The molecule has 2 aliphatic heterocycles. The Morgan fingerprint density at radius 3 is 2.68 bits per heavy atom. The lowest BCUT2D eigenvalue weighted by atomic mass is 10.1. The number of hydrogen-bond acceptors (Lipinski definition) is 4. The third kappa shape index (κ3) is 2.31. The van der Waals surface area contributed by atoms with Crippen molar-refractivity contribution in [1.29, 1.82) is 0 Å². The summed E-state index contributed by atoms with van der Waals surface area (Å²) in [6.45, 7) is 5.72. The van der Waals surface area contributed by atoms with E-state index in [1.807, 2.05) is 30.3 Å². The molecule has 1 saturated heterocycles. The van der Waals surface area contributed by atoms with E-state index in [4.69, 9.17) is 9.47 Å². The van der Waals surface area contributed by atoms with E-state index in [2.05, 4.69) is 0 Å². The van der Waals surface area contributed by atoms with Gasteiger partial charge in [-0.25, -0.2) is 4.79 Å². The predicted octanol–water partition coefficient (Wildman–Crippen LogP) is 2.19. The van der Waals surface area contributed by atoms with E-state index in [1.54, 1.807) is 31.7 Å². The van der Waals surface area contributed by atoms with Gasteiger partial charge in [-0.3, -0.25) is 9.69 Å². The molecule has 22 heavy (non-hydrogen) atoms. The predicted molar refractivity (Wildman–Crippen MR) is 79.7 cm³/mol. The van der Waals surface area contributed by atoms with Gasteiger partial charge in [-0.15, -0.1) is 0 Å². The standard InChI is InChI=1S/C17H19NO4/c1-11(2)22-16(20)13-9-17(3)18(15(13)19)14(10-21-17)12-7-5-4-6-8-12/h4-9,11,14H,10H2,1-3H3/t14-,17-/m1/s1. The molecule has 1 aromatic carbocycles. The minimum absolute atomic E-state index is 0.0526. The summed E-state index contributed by atoms with van der Waals surface area (Å²) in [5.74, 6) is -0.925. The smallest absolute Gasteiger partial charge is 0.343 e. The van der Waals surface area contributed by atoms with E-state index in [1.165, 1.54) is 0 Å². The molecule has 5 heteroatoms. The third-order valence-electron chi connectivity index (χ3n) is 3.93. The highest BCUT2D eigenvalue weighted by Gasteiger charge is 2.53. The van der Waals surface area contributed by atoms with Crippen molar-refractivity contribution < 1.29 is 19.1 Å². The number of carbonyl (C=O) groups excluding carboxylic acids is 2. The molecular weight excluding hydrogens is 282 g/mol. The summed E-state index contributed by atoms with van der Waals surface area (Å²) in [4.78, 5) is 26.4. The molecular formula is C17H19NO4. The van der Waals surface area contributed by atoms with Crippen molar-refractivity contribution in [2.24, 2.45) is 0 Å². The summed E-state index contributed by atoms with van der Waals surface area (Å²) in [5.41, 5.74) is 0.159. The molecule has 1 fully saturated rings. The Bertz CT molecular complexity index is 637. The number of hydrogen-bond donors (Lipinski definition) is 0. The number of rotatable bonds is 3. The Morgan fingerprint density at radius 1 is 1.36 bits per heavy atom. The first-order valence-electron chi connectivity index (χ1n) is 7.39. The highest BCUT2D eigenvalue weighted by Crippen LogP contribution is 2.43. The molecule has 0 aliphatic carbocycles. The number of amides is 1. The average Bonchev–Trinajstić information content (AvgIpc) is 2.94. The zero-order valence-electron chi connectivity index (χ0n) is 12.9. The van der Waals surface area contributed by atoms with Gasteiger partial charge in [0.2, 0.25) is 0 Å². The SMILES string of the molecule is CC(C)OC(=O)C1=C[C@@]2(C)OC[C@H](c3ccccc3)N2C1=O. The molecule has 1 aromatic rings. The number of esters is 1. The summed E-state index contributed by atoms with van der Waals surface area (Å²) in [5, 5.41) is 0. The molecule has 0 unspecified atom stereocenters. The fraction of sp³-hybridized carbons (Fsp3) is 0.412. The van der Waals surface area contributed by atoms with Gasteiger partial charge in [0.1, 0.15) is 5.57 Å². The quantitative estimate of drug-likeness (QED) is 0.634. The van der Waals surface area contributed by atoms with Gasteiger partial charge >= 0.3 is 5.97 Å². The van der Waals surface area contributed by atoms with Gasteiger partial charge in [0.05, 0.1) is 18.8 Å². The van der Waals surface area contributed by atoms with Crippen molar-refractivity contribution >= 4 is 11.9 Å². The molecule has 2 heterocycles. The fourth-order valence-corrected chi connectivity index (χ4v) is 2.96. The summed E-state index contributed by atoms with van der Waals surface area (Å²) in [6, 6.07) is 9.49. The fourth-order valence-electron chi connectivity index (χ4n) is 2.96. The van der Waals surface area contributed by atoms with Crippen LogP contribution in [-0.2, 0) is 19.1 Å². The summed E-state index contributed by atoms with van der Waals surface area (Å²) in [7, 11) is 0. The summed E-state index contributed by atoms with van der Waals surface area (Å²) < 4.78 is 11.0. The van der Waals surface area contributed by atoms with Gasteiger partial charge in [0, 0.05) is 0 Å². The van der Waals surface area contributed by atoms with Crippen molar-refractivity contribution in [2.45, 2.75) is 38.6 Å². The lowest BCUT2D eigenvalue weighted by Crippen LogP contribution is -2.41. The molecule has 0 spiro atoms. The van der Waals surface area contributed by atoms with Crippen LogP contribution in [0.3, 0.4) is 0 Å². The van der Waals surface area contributed by atoms with E-state index < -0.39 is 11.7 Å². The van der Waals surface area contributed by atoms with Crippen LogP contribution in [0.2, 0.25) is 0 Å². The number of benzene rings is 1. The average molecular weight is 301 g/mol. The summed E-state index contributed by atoms with van der Waals surface area (Å²) in [6.07, 6.45) is 1.30. The van der Waals surface area contributed by atoms with Crippen LogP contribution in [0.15, 0.2) is 42.0 Å². The van der Waals surface area contributed by atoms with E-state index in [-0.39, 0.29) is 23.6 Å². The first-order valence-corrected chi connectivity index (χ1v) is 7.39. The Labute approximate surface area is 129 Å². The van der Waals surface area contributed by atoms with Crippen molar-refractivity contribution in [2.75, 3.05) is 6.61 Å². The van der Waals surface area contributed by atoms with Gasteiger partial charge < -0.3 is 9.47 Å². The van der Waals surface area contributed by atoms with Crippen molar-refractivity contribution in [3.63, 3.8) is 0 Å². The van der Waals surface area contributed by atoms with E-state index in [9.17, 15) is 9.59 Å². The molecule has 2 atom stereocenters. The van der Waals surface area contributed by atoms with Gasteiger partial charge in [0.15, 0.2) is 5.72 Å². The minimum atomic E-state index is -0.886. The Morgan fingerprint density at radius 2 is 2.05 bits per heavy atom. The molecule has 3 rings (SSSR count). The largest absolute Gasteiger partial charge is 0.459 e. The van der Waals surface area contributed by atoms with Gasteiger partial charge in [0.25, 0.3) is 5.91 Å². The Hall–Kier alpha value is -2.14. The second-order valence-electron chi connectivity index (χ2n) is 5.98. The number of nitrogens with zero attached hydrogens (tertiary/aromatic N) is 1. The van der Waals surface area contributed by atoms with E-state index in [0.29, 0.717) is 6.61 Å². The third-order valence-corrected chi connectivity index (χ3v) is 3.93. The summed E-state index contributed by atoms with van der Waals surface area (Å²) >= 11 is 0. The van der Waals surface area contributed by atoms with Crippen LogP contribution < -0.4 is 0 Å². The second-order valence-corrected chi connectivity index (χ2v) is 5.98. The Balaban J connectivity index is 1.89. The molecule has 0 N–H and O–H groups in total. The second kappa shape index (κ2) is 5.25.